The zero-order chi connectivity index (χ0) is 11.8. The van der Waals surface area contributed by atoms with E-state index in [1.165, 1.54) is 0 Å². The Morgan fingerprint density at radius 3 is 2.94 bits per heavy atom. The summed E-state index contributed by atoms with van der Waals surface area (Å²) in [5.41, 5.74) is 6.92. The fourth-order valence-corrected chi connectivity index (χ4v) is 2.14. The number of nitrogens with zero attached hydrogens (tertiary/aromatic N) is 1. The summed E-state index contributed by atoms with van der Waals surface area (Å²) in [5, 5.41) is 0. The van der Waals surface area contributed by atoms with E-state index in [4.69, 9.17) is 15.2 Å². The molecule has 2 fully saturated rings. The van der Waals surface area contributed by atoms with Gasteiger partial charge in [-0.25, -0.2) is 4.79 Å². The van der Waals surface area contributed by atoms with Crippen molar-refractivity contribution in [2.24, 2.45) is 0 Å². The second-order valence-corrected chi connectivity index (χ2v) is 4.69. The number of hydrogen-bond donors (Lipinski definition) is 1. The fourth-order valence-electron chi connectivity index (χ4n) is 2.14. The summed E-state index contributed by atoms with van der Waals surface area (Å²) in [5.74, 6) is -0.288. The van der Waals surface area contributed by atoms with Crippen LogP contribution in [-0.4, -0.2) is 29.9 Å². The normalized spacial score (nSPS) is 23.9. The third kappa shape index (κ3) is 2.15. The molecule has 2 aliphatic rings. The summed E-state index contributed by atoms with van der Waals surface area (Å²) in [6.45, 7) is 1.18. The van der Waals surface area contributed by atoms with E-state index in [-0.39, 0.29) is 12.1 Å². The predicted octanol–water partition coefficient (Wildman–Crippen LogP) is 1.35. The van der Waals surface area contributed by atoms with E-state index in [0.29, 0.717) is 30.6 Å². The van der Waals surface area contributed by atoms with Crippen LogP contribution < -0.4 is 5.73 Å². The van der Waals surface area contributed by atoms with Crippen LogP contribution in [0.15, 0.2) is 12.3 Å². The number of nitrogens with two attached hydrogens (primary N) is 1. The molecule has 1 aliphatic carbocycles. The van der Waals surface area contributed by atoms with Crippen LogP contribution in [0.2, 0.25) is 0 Å². The van der Waals surface area contributed by atoms with E-state index in [9.17, 15) is 4.79 Å². The standard InChI is InChI=1S/C12H16N2O3/c13-8-5-11(14(6-8)9-1-2-9)12(15)17-10-3-4-16-7-10/h5-6,9-10H,1-4,7,13H2. The van der Waals surface area contributed by atoms with E-state index < -0.39 is 0 Å². The average Bonchev–Trinajstić information content (AvgIpc) is 2.88. The van der Waals surface area contributed by atoms with Crippen molar-refractivity contribution < 1.29 is 14.3 Å². The Labute approximate surface area is 99.5 Å². The summed E-state index contributed by atoms with van der Waals surface area (Å²) in [6.07, 6.45) is 4.72. The van der Waals surface area contributed by atoms with Crippen LogP contribution in [0.25, 0.3) is 0 Å². The summed E-state index contributed by atoms with van der Waals surface area (Å²) in [7, 11) is 0. The molecule has 0 bridgehead atoms. The molecule has 0 radical (unpaired) electrons. The van der Waals surface area contributed by atoms with Gasteiger partial charge in [0, 0.05) is 18.7 Å². The number of hydrogen-bond acceptors (Lipinski definition) is 4. The molecule has 1 atom stereocenters. The second-order valence-electron chi connectivity index (χ2n) is 4.69. The molecular weight excluding hydrogens is 220 g/mol. The first-order valence-corrected chi connectivity index (χ1v) is 6.00. The predicted molar refractivity (Wildman–Crippen MR) is 61.8 cm³/mol. The zero-order valence-corrected chi connectivity index (χ0v) is 9.59. The number of nitrogen functional groups attached to an aromatic ring is 1. The van der Waals surface area contributed by atoms with Gasteiger partial charge in [0.25, 0.3) is 0 Å². The minimum atomic E-state index is -0.288. The van der Waals surface area contributed by atoms with Crippen molar-refractivity contribution in [3.63, 3.8) is 0 Å². The van der Waals surface area contributed by atoms with Crippen molar-refractivity contribution >= 4 is 11.7 Å². The first-order chi connectivity index (χ1) is 8.24. The molecule has 92 valence electrons. The molecule has 5 nitrogen and oxygen atoms in total. The van der Waals surface area contributed by atoms with Crippen LogP contribution in [0.4, 0.5) is 5.69 Å². The molecule has 1 saturated carbocycles. The summed E-state index contributed by atoms with van der Waals surface area (Å²) >= 11 is 0. The Morgan fingerprint density at radius 2 is 2.29 bits per heavy atom. The monoisotopic (exact) mass is 236 g/mol. The topological polar surface area (TPSA) is 66.5 Å². The molecule has 2 N–H and O–H groups in total. The average molecular weight is 236 g/mol. The van der Waals surface area contributed by atoms with Crippen molar-refractivity contribution in [2.75, 3.05) is 18.9 Å². The van der Waals surface area contributed by atoms with Crippen LogP contribution in [0, 0.1) is 0 Å². The molecule has 1 aromatic heterocycles. The van der Waals surface area contributed by atoms with Gasteiger partial charge in [-0.2, -0.15) is 0 Å². The maximum Gasteiger partial charge on any atom is 0.355 e. The molecule has 3 rings (SSSR count). The van der Waals surface area contributed by atoms with Crippen LogP contribution in [0.1, 0.15) is 35.8 Å². The highest BCUT2D eigenvalue weighted by molar-refractivity contribution is 5.89. The minimum Gasteiger partial charge on any atom is -0.455 e. The van der Waals surface area contributed by atoms with Crippen LogP contribution in [0.5, 0.6) is 0 Å². The fraction of sp³-hybridized carbons (Fsp3) is 0.583. The number of carbonyl (C=O) groups excluding carboxylic acids is 1. The van der Waals surface area contributed by atoms with Gasteiger partial charge in [0.05, 0.1) is 18.9 Å². The van der Waals surface area contributed by atoms with Gasteiger partial charge in [-0.15, -0.1) is 0 Å². The molecule has 1 aromatic rings. The van der Waals surface area contributed by atoms with Gasteiger partial charge in [-0.1, -0.05) is 0 Å². The zero-order valence-electron chi connectivity index (χ0n) is 9.59. The quantitative estimate of drug-likeness (QED) is 0.804. The van der Waals surface area contributed by atoms with Gasteiger partial charge < -0.3 is 19.8 Å². The van der Waals surface area contributed by atoms with Gasteiger partial charge >= 0.3 is 5.97 Å². The lowest BCUT2D eigenvalue weighted by Crippen LogP contribution is -2.20. The van der Waals surface area contributed by atoms with E-state index >= 15 is 0 Å². The first kappa shape index (κ1) is 10.7. The number of ether oxygens (including phenoxy) is 2. The largest absolute Gasteiger partial charge is 0.455 e. The molecule has 0 amide bonds. The van der Waals surface area contributed by atoms with Gasteiger partial charge in [-0.3, -0.25) is 0 Å². The summed E-state index contributed by atoms with van der Waals surface area (Å²) in [4.78, 5) is 12.0. The van der Waals surface area contributed by atoms with E-state index in [0.717, 1.165) is 19.3 Å². The third-order valence-corrected chi connectivity index (χ3v) is 3.18. The highest BCUT2D eigenvalue weighted by Crippen LogP contribution is 2.37. The van der Waals surface area contributed by atoms with Crippen molar-refractivity contribution in [1.29, 1.82) is 0 Å². The van der Waals surface area contributed by atoms with E-state index in [1.807, 2.05) is 10.8 Å². The number of esters is 1. The molecule has 2 heterocycles. The van der Waals surface area contributed by atoms with E-state index in [1.54, 1.807) is 6.07 Å². The van der Waals surface area contributed by atoms with Crippen molar-refractivity contribution in [1.82, 2.24) is 4.57 Å². The third-order valence-electron chi connectivity index (χ3n) is 3.18. The smallest absolute Gasteiger partial charge is 0.355 e. The van der Waals surface area contributed by atoms with Crippen LogP contribution >= 0.6 is 0 Å². The maximum atomic E-state index is 12.0. The van der Waals surface area contributed by atoms with E-state index in [2.05, 4.69) is 0 Å². The van der Waals surface area contributed by atoms with Gasteiger partial charge in [0.1, 0.15) is 11.8 Å². The van der Waals surface area contributed by atoms with Gasteiger partial charge in [-0.05, 0) is 18.9 Å². The Hall–Kier alpha value is -1.49. The lowest BCUT2D eigenvalue weighted by molar-refractivity contribution is 0.0258. The lowest BCUT2D eigenvalue weighted by atomic mass is 10.3. The maximum absolute atomic E-state index is 12.0. The number of carbonyl (C=O) groups is 1. The Morgan fingerprint density at radius 1 is 1.47 bits per heavy atom. The Balaban J connectivity index is 1.75. The summed E-state index contributed by atoms with van der Waals surface area (Å²) < 4.78 is 12.5. The van der Waals surface area contributed by atoms with Gasteiger partial charge in [0.2, 0.25) is 0 Å². The Bertz CT molecular complexity index is 431. The molecule has 1 aliphatic heterocycles. The summed E-state index contributed by atoms with van der Waals surface area (Å²) in [6, 6.07) is 2.12. The molecule has 5 heteroatoms. The number of rotatable bonds is 3. The van der Waals surface area contributed by atoms with Gasteiger partial charge in [0.15, 0.2) is 0 Å². The second kappa shape index (κ2) is 4.07. The molecule has 0 aromatic carbocycles. The molecule has 1 saturated heterocycles. The van der Waals surface area contributed by atoms with Crippen molar-refractivity contribution in [3.8, 4) is 0 Å². The molecule has 0 spiro atoms. The Kier molecular flexibility index (Phi) is 2.55. The minimum absolute atomic E-state index is 0.105. The number of anilines is 1. The first-order valence-electron chi connectivity index (χ1n) is 6.00. The molecular formula is C12H16N2O3. The SMILES string of the molecule is Nc1cc(C(=O)OC2CCOC2)n(C2CC2)c1. The van der Waals surface area contributed by atoms with Crippen molar-refractivity contribution in [3.05, 3.63) is 18.0 Å². The van der Waals surface area contributed by atoms with Crippen molar-refractivity contribution in [2.45, 2.75) is 31.4 Å². The number of aromatic nitrogens is 1. The highest BCUT2D eigenvalue weighted by Gasteiger charge is 2.29. The van der Waals surface area contributed by atoms with Crippen LogP contribution in [-0.2, 0) is 9.47 Å². The van der Waals surface area contributed by atoms with Crippen LogP contribution in [0.3, 0.4) is 0 Å². The molecule has 1 unspecified atom stereocenters. The molecule has 17 heavy (non-hydrogen) atoms. The highest BCUT2D eigenvalue weighted by atomic mass is 16.6. The lowest BCUT2D eigenvalue weighted by Gasteiger charge is -2.11.